The van der Waals surface area contributed by atoms with Gasteiger partial charge in [0.2, 0.25) is 0 Å². The number of esters is 1. The van der Waals surface area contributed by atoms with Gasteiger partial charge in [0.25, 0.3) is 0 Å². The van der Waals surface area contributed by atoms with E-state index in [4.69, 9.17) is 4.74 Å². The Labute approximate surface area is 101 Å². The number of carbonyl (C=O) groups excluding carboxylic acids is 1. The molecule has 17 heavy (non-hydrogen) atoms. The number of piperazine rings is 1. The predicted molar refractivity (Wildman–Crippen MR) is 63.7 cm³/mol. The number of nitrogens with zero attached hydrogens (tertiary/aromatic N) is 2. The number of likely N-dealkylation sites (N-methyl/N-ethyl adjacent to an activating group) is 1. The van der Waals surface area contributed by atoms with Crippen molar-refractivity contribution in [3.05, 3.63) is 35.4 Å². The number of fused-ring (bicyclic) bond motifs is 1. The zero-order chi connectivity index (χ0) is 11.8. The molecule has 0 N–H and O–H groups in total. The number of cyclic esters (lactones) is 1. The topological polar surface area (TPSA) is 32.8 Å². The lowest BCUT2D eigenvalue weighted by molar-refractivity contribution is -0.0383. The highest BCUT2D eigenvalue weighted by Gasteiger charge is 2.35. The standard InChI is InChI=1S/C13H16N2O2/c1-14-6-8-15(9-7-14)12-10-4-2-3-5-11(10)13(16)17-12/h2-5,12H,6-9H2,1H3/t12-/m1/s1. The van der Waals surface area contributed by atoms with Crippen molar-refractivity contribution in [1.82, 2.24) is 9.80 Å². The molecule has 2 heterocycles. The fraction of sp³-hybridized carbons (Fsp3) is 0.462. The summed E-state index contributed by atoms with van der Waals surface area (Å²) < 4.78 is 5.47. The highest BCUT2D eigenvalue weighted by atomic mass is 16.6. The minimum absolute atomic E-state index is 0.174. The monoisotopic (exact) mass is 232 g/mol. The van der Waals surface area contributed by atoms with Crippen LogP contribution in [0.15, 0.2) is 24.3 Å². The molecule has 0 unspecified atom stereocenters. The van der Waals surface area contributed by atoms with Crippen LogP contribution in [0.1, 0.15) is 22.1 Å². The summed E-state index contributed by atoms with van der Waals surface area (Å²) in [5.74, 6) is -0.190. The molecule has 2 aliphatic rings. The van der Waals surface area contributed by atoms with E-state index >= 15 is 0 Å². The Bertz CT molecular complexity index is 439. The molecular formula is C13H16N2O2. The van der Waals surface area contributed by atoms with Gasteiger partial charge in [-0.05, 0) is 13.1 Å². The molecular weight excluding hydrogens is 216 g/mol. The average Bonchev–Trinajstić information content (AvgIpc) is 2.69. The van der Waals surface area contributed by atoms with Crippen LogP contribution in [0.2, 0.25) is 0 Å². The first kappa shape index (κ1) is 10.7. The molecule has 1 atom stereocenters. The summed E-state index contributed by atoms with van der Waals surface area (Å²) in [5.41, 5.74) is 1.73. The van der Waals surface area contributed by atoms with Gasteiger partial charge in [0.1, 0.15) is 0 Å². The van der Waals surface area contributed by atoms with Crippen LogP contribution in [-0.4, -0.2) is 49.0 Å². The summed E-state index contributed by atoms with van der Waals surface area (Å²) >= 11 is 0. The zero-order valence-electron chi connectivity index (χ0n) is 9.93. The van der Waals surface area contributed by atoms with E-state index in [0.717, 1.165) is 37.3 Å². The van der Waals surface area contributed by atoms with E-state index in [-0.39, 0.29) is 12.2 Å². The van der Waals surface area contributed by atoms with Crippen LogP contribution in [0, 0.1) is 0 Å². The SMILES string of the molecule is CN1CCN([C@@H]2OC(=O)c3ccccc32)CC1. The Balaban J connectivity index is 1.84. The van der Waals surface area contributed by atoms with Crippen molar-refractivity contribution in [2.24, 2.45) is 0 Å². The van der Waals surface area contributed by atoms with Gasteiger partial charge in [-0.25, -0.2) is 4.79 Å². The lowest BCUT2D eigenvalue weighted by Crippen LogP contribution is -2.46. The van der Waals surface area contributed by atoms with Crippen molar-refractivity contribution >= 4 is 5.97 Å². The first-order chi connectivity index (χ1) is 8.25. The lowest BCUT2D eigenvalue weighted by atomic mass is 10.1. The summed E-state index contributed by atoms with van der Waals surface area (Å²) in [4.78, 5) is 16.3. The van der Waals surface area contributed by atoms with Gasteiger partial charge in [0.15, 0.2) is 6.23 Å². The molecule has 2 aliphatic heterocycles. The molecule has 1 aromatic carbocycles. The summed E-state index contributed by atoms with van der Waals surface area (Å²) in [6, 6.07) is 7.67. The minimum atomic E-state index is -0.190. The summed E-state index contributed by atoms with van der Waals surface area (Å²) in [6.07, 6.45) is -0.174. The molecule has 0 aromatic heterocycles. The Morgan fingerprint density at radius 3 is 2.65 bits per heavy atom. The molecule has 1 fully saturated rings. The van der Waals surface area contributed by atoms with E-state index in [0.29, 0.717) is 0 Å². The predicted octanol–water partition coefficient (Wildman–Crippen LogP) is 1.10. The highest BCUT2D eigenvalue weighted by Crippen LogP contribution is 2.33. The van der Waals surface area contributed by atoms with E-state index in [1.807, 2.05) is 24.3 Å². The fourth-order valence-corrected chi connectivity index (χ4v) is 2.45. The molecule has 0 bridgehead atoms. The molecule has 4 nitrogen and oxygen atoms in total. The maximum absolute atomic E-state index is 11.7. The molecule has 3 rings (SSSR count). The summed E-state index contributed by atoms with van der Waals surface area (Å²) in [6.45, 7) is 3.94. The second-order valence-corrected chi connectivity index (χ2v) is 4.68. The first-order valence-corrected chi connectivity index (χ1v) is 5.98. The van der Waals surface area contributed by atoms with E-state index in [2.05, 4.69) is 16.8 Å². The highest BCUT2D eigenvalue weighted by molar-refractivity contribution is 5.93. The van der Waals surface area contributed by atoms with E-state index in [9.17, 15) is 4.79 Å². The second kappa shape index (κ2) is 4.13. The Morgan fingerprint density at radius 2 is 1.88 bits per heavy atom. The molecule has 0 radical (unpaired) electrons. The molecule has 1 aromatic rings. The third kappa shape index (κ3) is 1.83. The number of carbonyl (C=O) groups is 1. The Kier molecular flexibility index (Phi) is 2.61. The van der Waals surface area contributed by atoms with Crippen LogP contribution in [0.5, 0.6) is 0 Å². The molecule has 1 saturated heterocycles. The lowest BCUT2D eigenvalue weighted by Gasteiger charge is -2.35. The molecule has 0 saturated carbocycles. The Morgan fingerprint density at radius 1 is 1.18 bits per heavy atom. The van der Waals surface area contributed by atoms with Crippen LogP contribution in [0.25, 0.3) is 0 Å². The molecule has 4 heteroatoms. The number of benzene rings is 1. The molecule has 0 spiro atoms. The Hall–Kier alpha value is -1.39. The van der Waals surface area contributed by atoms with Gasteiger partial charge in [0, 0.05) is 31.7 Å². The quantitative estimate of drug-likeness (QED) is 0.679. The third-order valence-electron chi connectivity index (χ3n) is 3.53. The second-order valence-electron chi connectivity index (χ2n) is 4.68. The fourth-order valence-electron chi connectivity index (χ4n) is 2.45. The van der Waals surface area contributed by atoms with E-state index < -0.39 is 0 Å². The maximum atomic E-state index is 11.7. The van der Waals surface area contributed by atoms with Gasteiger partial charge in [-0.3, -0.25) is 4.90 Å². The van der Waals surface area contributed by atoms with Crippen LogP contribution in [0.3, 0.4) is 0 Å². The molecule has 0 aliphatic carbocycles. The van der Waals surface area contributed by atoms with Crippen molar-refractivity contribution in [3.63, 3.8) is 0 Å². The smallest absolute Gasteiger partial charge is 0.340 e. The van der Waals surface area contributed by atoms with E-state index in [1.54, 1.807) is 0 Å². The van der Waals surface area contributed by atoms with Gasteiger partial charge in [0.05, 0.1) is 5.56 Å². The van der Waals surface area contributed by atoms with E-state index in [1.165, 1.54) is 0 Å². The summed E-state index contributed by atoms with van der Waals surface area (Å²) in [7, 11) is 2.12. The van der Waals surface area contributed by atoms with Crippen LogP contribution >= 0.6 is 0 Å². The van der Waals surface area contributed by atoms with Gasteiger partial charge in [-0.1, -0.05) is 18.2 Å². The van der Waals surface area contributed by atoms with Gasteiger partial charge >= 0.3 is 5.97 Å². The zero-order valence-corrected chi connectivity index (χ0v) is 9.93. The van der Waals surface area contributed by atoms with Gasteiger partial charge in [-0.15, -0.1) is 0 Å². The van der Waals surface area contributed by atoms with Gasteiger partial charge in [-0.2, -0.15) is 0 Å². The number of hydrogen-bond donors (Lipinski definition) is 0. The number of ether oxygens (including phenoxy) is 1. The number of rotatable bonds is 1. The first-order valence-electron chi connectivity index (χ1n) is 5.98. The van der Waals surface area contributed by atoms with Crippen LogP contribution in [0.4, 0.5) is 0 Å². The number of hydrogen-bond acceptors (Lipinski definition) is 4. The van der Waals surface area contributed by atoms with Crippen molar-refractivity contribution in [2.45, 2.75) is 6.23 Å². The van der Waals surface area contributed by atoms with Crippen molar-refractivity contribution in [3.8, 4) is 0 Å². The van der Waals surface area contributed by atoms with Gasteiger partial charge < -0.3 is 9.64 Å². The van der Waals surface area contributed by atoms with Crippen molar-refractivity contribution in [2.75, 3.05) is 33.2 Å². The minimum Gasteiger partial charge on any atom is -0.438 e. The van der Waals surface area contributed by atoms with Crippen LogP contribution < -0.4 is 0 Å². The van der Waals surface area contributed by atoms with Crippen molar-refractivity contribution < 1.29 is 9.53 Å². The summed E-state index contributed by atoms with van der Waals surface area (Å²) in [5, 5.41) is 0. The molecule has 0 amide bonds. The van der Waals surface area contributed by atoms with Crippen molar-refractivity contribution in [1.29, 1.82) is 0 Å². The third-order valence-corrected chi connectivity index (χ3v) is 3.53. The largest absolute Gasteiger partial charge is 0.438 e. The normalized spacial score (nSPS) is 25.7. The maximum Gasteiger partial charge on any atom is 0.340 e. The average molecular weight is 232 g/mol. The molecule has 90 valence electrons. The van der Waals surface area contributed by atoms with Crippen LogP contribution in [-0.2, 0) is 4.74 Å².